The van der Waals surface area contributed by atoms with Crippen LogP contribution in [0.15, 0.2) is 10.2 Å². The summed E-state index contributed by atoms with van der Waals surface area (Å²) in [5, 5.41) is 0. The smallest absolute Gasteiger partial charge is 0.0274 e. The first-order valence-corrected chi connectivity index (χ1v) is 2.91. The van der Waals surface area contributed by atoms with E-state index in [2.05, 4.69) is 35.6 Å². The van der Waals surface area contributed by atoms with Gasteiger partial charge in [0.05, 0.1) is 0 Å². The fourth-order valence-electron chi connectivity index (χ4n) is 0.0891. The Labute approximate surface area is 46.4 Å². The molecular weight excluding hydrogens is 175 g/mol. The van der Waals surface area contributed by atoms with Crippen molar-refractivity contribution >= 4 is 22.6 Å². The van der Waals surface area contributed by atoms with Gasteiger partial charge in [-0.05, 0) is 10.5 Å². The summed E-state index contributed by atoms with van der Waals surface area (Å²) >= 11 is 2.21. The molecule has 0 spiro atoms. The van der Waals surface area contributed by atoms with Crippen molar-refractivity contribution in [3.63, 3.8) is 0 Å². The maximum absolute atomic E-state index is 2.21. The van der Waals surface area contributed by atoms with E-state index in [4.69, 9.17) is 0 Å². The van der Waals surface area contributed by atoms with Crippen LogP contribution in [-0.2, 0) is 0 Å². The molecule has 0 atom stereocenters. The first-order chi connectivity index (χ1) is 2.41. The molecule has 0 fully saturated rings. The summed E-state index contributed by atoms with van der Waals surface area (Å²) in [5.41, 5.74) is 0. The molecule has 0 saturated carbocycles. The van der Waals surface area contributed by atoms with E-state index in [0.717, 1.165) is 6.42 Å². The summed E-state index contributed by atoms with van der Waals surface area (Å²) in [5.74, 6) is 0. The van der Waals surface area contributed by atoms with Crippen molar-refractivity contribution in [1.29, 1.82) is 0 Å². The minimum absolute atomic E-state index is 1.16. The van der Waals surface area contributed by atoms with Gasteiger partial charge in [-0.25, -0.2) is 0 Å². The lowest BCUT2D eigenvalue weighted by Crippen LogP contribution is -1.40. The fourth-order valence-corrected chi connectivity index (χ4v) is 0.598. The molecule has 0 unspecified atom stereocenters. The first kappa shape index (κ1) is 5.47. The van der Waals surface area contributed by atoms with Gasteiger partial charge in [0.2, 0.25) is 0 Å². The summed E-state index contributed by atoms with van der Waals surface area (Å²) in [6.45, 7) is 2.12. The molecule has 5 heavy (non-hydrogen) atoms. The van der Waals surface area contributed by atoms with Crippen LogP contribution in [-0.4, -0.2) is 0 Å². The van der Waals surface area contributed by atoms with Crippen molar-refractivity contribution in [1.82, 2.24) is 0 Å². The Balaban J connectivity index is 2.62. The van der Waals surface area contributed by atoms with Gasteiger partial charge in [0.1, 0.15) is 0 Å². The zero-order chi connectivity index (χ0) is 4.12. The second kappa shape index (κ2) is 4.47. The van der Waals surface area contributed by atoms with Crippen molar-refractivity contribution < 1.29 is 0 Å². The van der Waals surface area contributed by atoms with Gasteiger partial charge in [-0.2, -0.15) is 0 Å². The molecule has 30 valence electrons. The van der Waals surface area contributed by atoms with Crippen molar-refractivity contribution in [2.75, 3.05) is 0 Å². The summed E-state index contributed by atoms with van der Waals surface area (Å²) in [6.07, 6.45) is 3.27. The third kappa shape index (κ3) is 4.47. The monoisotopic (exact) mass is 182 g/mol. The Bertz CT molecular complexity index is 30.6. The maximum Gasteiger partial charge on any atom is -0.0274 e. The van der Waals surface area contributed by atoms with E-state index < -0.39 is 0 Å². The fraction of sp³-hybridized carbons (Fsp3) is 0.500. The molecule has 0 aromatic heterocycles. The van der Waals surface area contributed by atoms with Crippen LogP contribution in [0.4, 0.5) is 0 Å². The summed E-state index contributed by atoms with van der Waals surface area (Å²) in [6, 6.07) is 0. The van der Waals surface area contributed by atoms with Crippen LogP contribution < -0.4 is 0 Å². The van der Waals surface area contributed by atoms with Gasteiger partial charge in [-0.15, -0.1) is 0 Å². The van der Waals surface area contributed by atoms with Crippen LogP contribution in [0.2, 0.25) is 0 Å². The Morgan fingerprint density at radius 1 is 1.80 bits per heavy atom. The van der Waals surface area contributed by atoms with Gasteiger partial charge in [0.15, 0.2) is 0 Å². The number of hydrogen-bond acceptors (Lipinski definition) is 0. The number of allylic oxidation sites excluding steroid dienone is 1. The molecule has 0 aliphatic heterocycles. The van der Waals surface area contributed by atoms with Gasteiger partial charge in [0.25, 0.3) is 0 Å². The van der Waals surface area contributed by atoms with Crippen molar-refractivity contribution in [2.24, 2.45) is 0 Å². The van der Waals surface area contributed by atoms with Crippen LogP contribution in [0.25, 0.3) is 0 Å². The molecule has 0 rings (SSSR count). The molecule has 0 N–H and O–H groups in total. The molecule has 0 aromatic carbocycles. The van der Waals surface area contributed by atoms with Crippen LogP contribution in [0.5, 0.6) is 0 Å². The highest BCUT2D eigenvalue weighted by Gasteiger charge is 1.53. The zero-order valence-corrected chi connectivity index (χ0v) is 5.40. The van der Waals surface area contributed by atoms with E-state index in [-0.39, 0.29) is 0 Å². The molecule has 0 saturated heterocycles. The Kier molecular flexibility index (Phi) is 4.89. The molecule has 0 aliphatic carbocycles. The average molecular weight is 182 g/mol. The second-order valence-electron chi connectivity index (χ2n) is 0.770. The molecule has 0 heterocycles. The molecule has 0 radical (unpaired) electrons. The van der Waals surface area contributed by atoms with E-state index in [0.29, 0.717) is 0 Å². The van der Waals surface area contributed by atoms with Crippen LogP contribution >= 0.6 is 22.6 Å². The Morgan fingerprint density at radius 2 is 2.40 bits per heavy atom. The third-order valence-corrected chi connectivity index (χ3v) is 0.833. The van der Waals surface area contributed by atoms with Crippen LogP contribution in [0.1, 0.15) is 13.3 Å². The predicted octanol–water partition coefficient (Wildman–Crippen LogP) is 2.35. The highest BCUT2D eigenvalue weighted by atomic mass is 127. The lowest BCUT2D eigenvalue weighted by molar-refractivity contribution is 1.23. The predicted molar refractivity (Wildman–Crippen MR) is 33.5 cm³/mol. The van der Waals surface area contributed by atoms with Crippen molar-refractivity contribution in [2.45, 2.75) is 13.3 Å². The highest BCUT2D eigenvalue weighted by molar-refractivity contribution is 14.1. The molecule has 0 bridgehead atoms. The topological polar surface area (TPSA) is 0 Å². The number of halogens is 1. The van der Waals surface area contributed by atoms with E-state index in [1.54, 1.807) is 0 Å². The molecular formula is C4H7I. The summed E-state index contributed by atoms with van der Waals surface area (Å²) in [4.78, 5) is 0. The van der Waals surface area contributed by atoms with Gasteiger partial charge >= 0.3 is 0 Å². The van der Waals surface area contributed by atoms with E-state index in [9.17, 15) is 0 Å². The standard InChI is InChI=1S/C4H7I/c1-2-3-4-5/h3-4H,2H2,1H3. The lowest BCUT2D eigenvalue weighted by Gasteiger charge is -1.63. The van der Waals surface area contributed by atoms with Crippen LogP contribution in [0, 0.1) is 0 Å². The van der Waals surface area contributed by atoms with Crippen LogP contribution in [0.3, 0.4) is 0 Å². The maximum atomic E-state index is 2.21. The van der Waals surface area contributed by atoms with Crippen molar-refractivity contribution in [3.05, 3.63) is 10.2 Å². The second-order valence-corrected chi connectivity index (χ2v) is 1.49. The molecule has 0 amide bonds. The quantitative estimate of drug-likeness (QED) is 0.546. The number of rotatable bonds is 1. The average Bonchev–Trinajstić information content (AvgIpc) is 1.41. The number of hydrogen-bond donors (Lipinski definition) is 0. The van der Waals surface area contributed by atoms with Crippen molar-refractivity contribution in [3.8, 4) is 0 Å². The molecule has 1 heteroatoms. The molecule has 0 aliphatic rings. The summed E-state index contributed by atoms with van der Waals surface area (Å²) < 4.78 is 2.03. The largest absolute Gasteiger partial charge is 0.0787 e. The highest BCUT2D eigenvalue weighted by Crippen LogP contribution is 1.84. The van der Waals surface area contributed by atoms with Gasteiger partial charge < -0.3 is 0 Å². The van der Waals surface area contributed by atoms with Gasteiger partial charge in [-0.1, -0.05) is 35.6 Å². The zero-order valence-electron chi connectivity index (χ0n) is 3.24. The third-order valence-electron chi connectivity index (χ3n) is 0.325. The lowest BCUT2D eigenvalue weighted by atomic mass is 10.5. The molecule has 0 nitrogen and oxygen atoms in total. The van der Waals surface area contributed by atoms with E-state index in [1.165, 1.54) is 0 Å². The minimum atomic E-state index is 1.16. The molecule has 0 aromatic rings. The normalized spacial score (nSPS) is 10.0. The SMILES string of the molecule is CCC=CI. The minimum Gasteiger partial charge on any atom is -0.0787 e. The van der Waals surface area contributed by atoms with E-state index >= 15 is 0 Å². The Hall–Kier alpha value is 0.470. The van der Waals surface area contributed by atoms with E-state index in [1.807, 2.05) is 4.08 Å². The first-order valence-electron chi connectivity index (χ1n) is 1.67. The summed E-state index contributed by atoms with van der Waals surface area (Å²) in [7, 11) is 0. The van der Waals surface area contributed by atoms with Gasteiger partial charge in [-0.3, -0.25) is 0 Å². The Morgan fingerprint density at radius 3 is 2.40 bits per heavy atom. The van der Waals surface area contributed by atoms with Gasteiger partial charge in [0, 0.05) is 0 Å².